The molecule has 0 bridgehead atoms. The zero-order valence-electron chi connectivity index (χ0n) is 16.0. The van der Waals surface area contributed by atoms with E-state index < -0.39 is 0 Å². The first kappa shape index (κ1) is 21.0. The molecule has 1 heterocycles. The van der Waals surface area contributed by atoms with Crippen LogP contribution in [0.15, 0.2) is 10.6 Å². The Hall–Kier alpha value is 0.320. The second-order valence-electron chi connectivity index (χ2n) is 9.29. The molecule has 6 unspecified atom stereocenters. The standard InChI is InChI=1S/C20H30ClNOS.H3NS/c1-19-7-3-9-22(24)11-14(19)4-5-15-16(19)6-8-20(2)17(15)10-13(12-23)18(20)21;1-2/h12,14-17,24H,3-11H2,1-2H3;2H,1H2. The van der Waals surface area contributed by atoms with Crippen LogP contribution in [0.4, 0.5) is 0 Å². The number of carbonyl (C=O) groups excluding carboxylic acids is 1. The average molecular weight is 417 g/mol. The lowest BCUT2D eigenvalue weighted by atomic mass is 9.47. The second kappa shape index (κ2) is 7.98. The number of thiol groups is 2. The molecule has 4 aliphatic rings. The lowest BCUT2D eigenvalue weighted by Gasteiger charge is -2.58. The predicted molar refractivity (Wildman–Crippen MR) is 115 cm³/mol. The van der Waals surface area contributed by atoms with Crippen molar-refractivity contribution in [2.24, 2.45) is 39.6 Å². The van der Waals surface area contributed by atoms with Crippen molar-refractivity contribution < 1.29 is 4.79 Å². The zero-order valence-corrected chi connectivity index (χ0v) is 18.5. The molecule has 0 amide bonds. The smallest absolute Gasteiger partial charge is 0.147 e. The maximum absolute atomic E-state index is 11.5. The second-order valence-corrected chi connectivity index (χ2v) is 10.2. The topological polar surface area (TPSA) is 46.3 Å². The van der Waals surface area contributed by atoms with Gasteiger partial charge in [0.15, 0.2) is 0 Å². The van der Waals surface area contributed by atoms with Gasteiger partial charge in [-0.05, 0) is 74.0 Å². The van der Waals surface area contributed by atoms with Crippen LogP contribution in [0.3, 0.4) is 0 Å². The third-order valence-corrected chi connectivity index (χ3v) is 9.42. The van der Waals surface area contributed by atoms with E-state index in [-0.39, 0.29) is 5.41 Å². The van der Waals surface area contributed by atoms with Crippen molar-refractivity contribution in [3.05, 3.63) is 10.6 Å². The summed E-state index contributed by atoms with van der Waals surface area (Å²) in [5.41, 5.74) is 1.39. The van der Waals surface area contributed by atoms with Crippen molar-refractivity contribution in [3.8, 4) is 0 Å². The van der Waals surface area contributed by atoms with Crippen molar-refractivity contribution in [3.63, 3.8) is 0 Å². The first-order valence-electron chi connectivity index (χ1n) is 9.94. The van der Waals surface area contributed by atoms with Gasteiger partial charge in [-0.2, -0.15) is 0 Å². The summed E-state index contributed by atoms with van der Waals surface area (Å²) in [5.74, 6) is 2.89. The molecule has 6 heteroatoms. The molecule has 0 aromatic heterocycles. The number of nitrogens with two attached hydrogens (primary N) is 1. The third-order valence-electron chi connectivity index (χ3n) is 8.38. The van der Waals surface area contributed by atoms with Crippen LogP contribution in [0.25, 0.3) is 0 Å². The lowest BCUT2D eigenvalue weighted by molar-refractivity contribution is -0.105. The van der Waals surface area contributed by atoms with Crippen LogP contribution in [0.2, 0.25) is 0 Å². The minimum atomic E-state index is 0.0580. The number of rotatable bonds is 1. The van der Waals surface area contributed by atoms with Crippen molar-refractivity contribution in [2.45, 2.75) is 58.8 Å². The summed E-state index contributed by atoms with van der Waals surface area (Å²) in [4.78, 5) is 11.5. The van der Waals surface area contributed by atoms with Crippen LogP contribution in [0.5, 0.6) is 0 Å². The van der Waals surface area contributed by atoms with E-state index in [2.05, 4.69) is 48.9 Å². The molecular weight excluding hydrogens is 384 g/mol. The number of halogens is 1. The Balaban J connectivity index is 0.000000948. The van der Waals surface area contributed by atoms with Gasteiger partial charge in [-0.25, -0.2) is 0 Å². The number of hydrogen-bond acceptors (Lipinski definition) is 5. The van der Waals surface area contributed by atoms with Crippen LogP contribution in [0.1, 0.15) is 58.8 Å². The summed E-state index contributed by atoms with van der Waals surface area (Å²) in [6, 6.07) is 0. The van der Waals surface area contributed by atoms with Gasteiger partial charge in [-0.1, -0.05) is 38.3 Å². The number of fused-ring (bicyclic) bond motifs is 5. The van der Waals surface area contributed by atoms with Crippen molar-refractivity contribution in [1.82, 2.24) is 4.31 Å². The molecule has 0 aromatic carbocycles. The Kier molecular flexibility index (Phi) is 6.46. The summed E-state index contributed by atoms with van der Waals surface area (Å²) < 4.78 is 2.25. The van der Waals surface area contributed by atoms with E-state index in [1.165, 1.54) is 32.1 Å². The molecule has 2 N–H and O–H groups in total. The Morgan fingerprint density at radius 3 is 2.62 bits per heavy atom. The number of aldehydes is 1. The average Bonchev–Trinajstić information content (AvgIpc) is 2.79. The molecule has 0 radical (unpaired) electrons. The SMILES string of the molecule is CC12CCC3C(CCC4CN(S)CCCC43C)C1CC(C=O)=C2Cl.NS. The summed E-state index contributed by atoms with van der Waals surface area (Å²) >= 11 is 14.4. The van der Waals surface area contributed by atoms with Gasteiger partial charge in [0.2, 0.25) is 0 Å². The Bertz CT molecular complexity index is 586. The molecule has 4 rings (SSSR count). The molecule has 3 aliphatic carbocycles. The minimum Gasteiger partial charge on any atom is -0.298 e. The van der Waals surface area contributed by atoms with E-state index in [1.807, 2.05) is 0 Å². The van der Waals surface area contributed by atoms with Crippen molar-refractivity contribution >= 4 is 43.5 Å². The van der Waals surface area contributed by atoms with Gasteiger partial charge in [0, 0.05) is 29.1 Å². The van der Waals surface area contributed by atoms with E-state index in [9.17, 15) is 4.79 Å². The molecule has 26 heavy (non-hydrogen) atoms. The maximum Gasteiger partial charge on any atom is 0.147 e. The molecule has 0 spiro atoms. The van der Waals surface area contributed by atoms with Crippen LogP contribution in [-0.4, -0.2) is 23.7 Å². The Morgan fingerprint density at radius 2 is 1.92 bits per heavy atom. The number of allylic oxidation sites excluding steroid dienone is 2. The summed E-state index contributed by atoms with van der Waals surface area (Å²) in [5, 5.41) is 5.08. The first-order chi connectivity index (χ1) is 12.4. The van der Waals surface area contributed by atoms with Gasteiger partial charge >= 0.3 is 0 Å². The largest absolute Gasteiger partial charge is 0.298 e. The van der Waals surface area contributed by atoms with Gasteiger partial charge < -0.3 is 0 Å². The van der Waals surface area contributed by atoms with Gasteiger partial charge in [0.1, 0.15) is 6.29 Å². The number of carbonyl (C=O) groups is 1. The molecule has 6 atom stereocenters. The van der Waals surface area contributed by atoms with Crippen LogP contribution in [0, 0.1) is 34.5 Å². The Morgan fingerprint density at radius 1 is 1.19 bits per heavy atom. The Labute approximate surface area is 174 Å². The highest BCUT2D eigenvalue weighted by molar-refractivity contribution is 7.77. The molecule has 3 fully saturated rings. The number of hydrogen-bond donors (Lipinski definition) is 3. The predicted octanol–water partition coefficient (Wildman–Crippen LogP) is 4.88. The zero-order chi connectivity index (χ0) is 19.1. The molecular formula is C20H33ClN2OS2. The quantitative estimate of drug-likeness (QED) is 0.421. The fourth-order valence-corrected chi connectivity index (χ4v) is 7.67. The molecule has 1 saturated heterocycles. The van der Waals surface area contributed by atoms with Crippen molar-refractivity contribution in [2.75, 3.05) is 13.1 Å². The van der Waals surface area contributed by atoms with E-state index in [0.717, 1.165) is 60.6 Å². The summed E-state index contributed by atoms with van der Waals surface area (Å²) in [7, 11) is 0. The van der Waals surface area contributed by atoms with Gasteiger partial charge in [-0.3, -0.25) is 14.2 Å². The van der Waals surface area contributed by atoms with Crippen molar-refractivity contribution in [1.29, 1.82) is 0 Å². The van der Waals surface area contributed by atoms with E-state index >= 15 is 0 Å². The highest BCUT2D eigenvalue weighted by Gasteiger charge is 2.58. The number of nitrogens with zero attached hydrogens (tertiary/aromatic N) is 1. The van der Waals surface area contributed by atoms with E-state index in [1.54, 1.807) is 0 Å². The lowest BCUT2D eigenvalue weighted by Crippen LogP contribution is -2.52. The third kappa shape index (κ3) is 3.20. The highest BCUT2D eigenvalue weighted by atomic mass is 35.5. The summed E-state index contributed by atoms with van der Waals surface area (Å²) in [6.45, 7) is 7.15. The first-order valence-corrected chi connectivity index (χ1v) is 11.2. The molecule has 3 nitrogen and oxygen atoms in total. The van der Waals surface area contributed by atoms with E-state index in [4.69, 9.17) is 11.6 Å². The minimum absolute atomic E-state index is 0.0580. The molecule has 148 valence electrons. The van der Waals surface area contributed by atoms with Gasteiger partial charge in [0.25, 0.3) is 0 Å². The molecule has 0 aromatic rings. The maximum atomic E-state index is 11.5. The molecule has 2 saturated carbocycles. The van der Waals surface area contributed by atoms with Gasteiger partial charge in [-0.15, -0.1) is 12.8 Å². The van der Waals surface area contributed by atoms with Crippen LogP contribution < -0.4 is 5.14 Å². The highest BCUT2D eigenvalue weighted by Crippen LogP contribution is 2.66. The molecule has 1 aliphatic heterocycles. The monoisotopic (exact) mass is 416 g/mol. The normalized spacial score (nSPS) is 45.6. The fraction of sp³-hybridized carbons (Fsp3) is 0.850. The summed E-state index contributed by atoms with van der Waals surface area (Å²) in [6.07, 6.45) is 9.60. The van der Waals surface area contributed by atoms with Crippen LogP contribution in [-0.2, 0) is 4.79 Å². The fourth-order valence-electron chi connectivity index (χ4n) is 6.97. The van der Waals surface area contributed by atoms with E-state index in [0.29, 0.717) is 11.3 Å². The van der Waals surface area contributed by atoms with Crippen LogP contribution >= 0.6 is 37.2 Å². The van der Waals surface area contributed by atoms with Gasteiger partial charge in [0.05, 0.1) is 0 Å².